The number of aromatic nitrogens is 1. The van der Waals surface area contributed by atoms with Gasteiger partial charge in [0.25, 0.3) is 0 Å². The minimum absolute atomic E-state index is 0.0610. The topological polar surface area (TPSA) is 42.1 Å². The summed E-state index contributed by atoms with van der Waals surface area (Å²) in [5.41, 5.74) is -2.65. The molecule has 0 fully saturated rings. The molecule has 1 heterocycles. The summed E-state index contributed by atoms with van der Waals surface area (Å²) < 4.78 is 81.5. The van der Waals surface area contributed by atoms with Crippen LogP contribution in [0, 0.1) is 0 Å². The van der Waals surface area contributed by atoms with Crippen LogP contribution in [-0.2, 0) is 28.3 Å². The van der Waals surface area contributed by atoms with Crippen LogP contribution in [0.1, 0.15) is 16.8 Å². The molecule has 9 heteroatoms. The lowest BCUT2D eigenvalue weighted by molar-refractivity contribution is -0.143. The van der Waals surface area contributed by atoms with Crippen molar-refractivity contribution >= 4 is 5.97 Å². The molecule has 2 rings (SSSR count). The van der Waals surface area contributed by atoms with E-state index in [9.17, 15) is 31.1 Å². The number of benzene rings is 1. The molecule has 0 saturated carbocycles. The molecule has 0 spiro atoms. The summed E-state index contributed by atoms with van der Waals surface area (Å²) in [7, 11) is 1.16. The zero-order valence-electron chi connectivity index (χ0n) is 12.2. The summed E-state index contributed by atoms with van der Waals surface area (Å²) >= 11 is 0. The molecule has 0 atom stereocenters. The highest BCUT2D eigenvalue weighted by molar-refractivity contribution is 5.73. The van der Waals surface area contributed by atoms with Gasteiger partial charge >= 0.3 is 18.3 Å². The van der Waals surface area contributed by atoms with Gasteiger partial charge in [0, 0.05) is 11.9 Å². The smallest absolute Gasteiger partial charge is 0.416 e. The monoisotopic (exact) mass is 351 g/mol. The number of ether oxygens (including phenoxy) is 1. The van der Waals surface area contributed by atoms with E-state index in [0.29, 0.717) is 17.8 Å². The fourth-order valence-electron chi connectivity index (χ4n) is 2.06. The fraction of sp³-hybridized carbons (Fsp3) is 0.267. The largest absolute Gasteiger partial charge is 0.469 e. The third kappa shape index (κ3) is 4.09. The highest BCUT2D eigenvalue weighted by Crippen LogP contribution is 2.38. The van der Waals surface area contributed by atoms with Crippen LogP contribution >= 0.6 is 0 Å². The number of rotatable bonds is 3. The van der Waals surface area contributed by atoms with Crippen molar-refractivity contribution in [2.24, 2.45) is 0 Å². The lowest BCUT2D eigenvalue weighted by atomic mass is 10.0. The van der Waals surface area contributed by atoms with Gasteiger partial charge in [-0.25, -0.2) is 0 Å². The molecule has 0 saturated heterocycles. The van der Waals surface area contributed by atoms with E-state index in [-0.39, 0.29) is 23.6 Å². The van der Waals surface area contributed by atoms with E-state index in [4.69, 9.17) is 0 Å². The van der Waals surface area contributed by atoms with E-state index >= 15 is 0 Å². The van der Waals surface area contributed by atoms with E-state index in [1.807, 2.05) is 0 Å². The molecule has 0 radical (unpaired) electrons. The minimum atomic E-state index is -4.92. The van der Waals surface area contributed by atoms with Gasteiger partial charge in [-0.15, -0.1) is 0 Å². The van der Waals surface area contributed by atoms with Crippen LogP contribution in [0.4, 0.5) is 26.3 Å². The number of hydrogen-bond acceptors (Lipinski definition) is 2. The molecule has 2 aromatic rings. The molecule has 1 aromatic heterocycles. The van der Waals surface area contributed by atoms with Gasteiger partial charge in [-0.05, 0) is 35.4 Å². The first kappa shape index (κ1) is 17.9. The molecular formula is C15H11F6NO2. The first-order valence-electron chi connectivity index (χ1n) is 6.54. The Balaban J connectivity index is 2.48. The van der Waals surface area contributed by atoms with Crippen LogP contribution in [0.5, 0.6) is 0 Å². The maximum atomic E-state index is 12.8. The van der Waals surface area contributed by atoms with Gasteiger partial charge in [0.1, 0.15) is 0 Å². The van der Waals surface area contributed by atoms with Crippen molar-refractivity contribution in [1.82, 2.24) is 4.98 Å². The predicted molar refractivity (Wildman–Crippen MR) is 72.0 cm³/mol. The average Bonchev–Trinajstić information content (AvgIpc) is 2.93. The van der Waals surface area contributed by atoms with Gasteiger partial charge in [0.15, 0.2) is 0 Å². The third-order valence-electron chi connectivity index (χ3n) is 3.23. The summed E-state index contributed by atoms with van der Waals surface area (Å²) in [6.07, 6.45) is -8.78. The Hall–Kier alpha value is -2.45. The number of methoxy groups -OCH3 is 1. The number of alkyl halides is 6. The van der Waals surface area contributed by atoms with Crippen molar-refractivity contribution in [2.75, 3.05) is 7.11 Å². The maximum absolute atomic E-state index is 12.8. The zero-order chi connectivity index (χ0) is 18.1. The van der Waals surface area contributed by atoms with Crippen molar-refractivity contribution in [3.63, 3.8) is 0 Å². The number of H-pyrrole nitrogens is 1. The Morgan fingerprint density at radius 3 is 1.96 bits per heavy atom. The van der Waals surface area contributed by atoms with Gasteiger partial charge in [-0.2, -0.15) is 26.3 Å². The SMILES string of the molecule is COC(=O)Cc1cc(-c2cc(C(F)(F)F)cc(C(F)(F)F)c2)c[nH]1. The second-order valence-corrected chi connectivity index (χ2v) is 4.96. The first-order valence-corrected chi connectivity index (χ1v) is 6.54. The molecule has 3 nitrogen and oxygen atoms in total. The number of hydrogen-bond donors (Lipinski definition) is 1. The second kappa shape index (κ2) is 6.21. The van der Waals surface area contributed by atoms with Crippen LogP contribution in [0.15, 0.2) is 30.5 Å². The van der Waals surface area contributed by atoms with Crippen molar-refractivity contribution in [2.45, 2.75) is 18.8 Å². The van der Waals surface area contributed by atoms with Crippen molar-refractivity contribution in [1.29, 1.82) is 0 Å². The summed E-state index contributed by atoms with van der Waals surface area (Å²) in [5.74, 6) is -0.594. The van der Waals surface area contributed by atoms with E-state index in [1.165, 1.54) is 12.3 Å². The fourth-order valence-corrected chi connectivity index (χ4v) is 2.06. The lowest BCUT2D eigenvalue weighted by Gasteiger charge is -2.13. The molecule has 0 bridgehead atoms. The Labute approximate surface area is 132 Å². The van der Waals surface area contributed by atoms with E-state index in [2.05, 4.69) is 9.72 Å². The Bertz CT molecular complexity index is 713. The zero-order valence-corrected chi connectivity index (χ0v) is 12.2. The highest BCUT2D eigenvalue weighted by Gasteiger charge is 2.37. The number of aromatic amines is 1. The van der Waals surface area contributed by atoms with Gasteiger partial charge in [-0.3, -0.25) is 4.79 Å². The Kier molecular flexibility index (Phi) is 4.63. The Morgan fingerprint density at radius 2 is 1.50 bits per heavy atom. The molecular weight excluding hydrogens is 340 g/mol. The quantitative estimate of drug-likeness (QED) is 0.656. The van der Waals surface area contributed by atoms with Crippen LogP contribution in [-0.4, -0.2) is 18.1 Å². The molecule has 1 N–H and O–H groups in total. The summed E-state index contributed by atoms with van der Waals surface area (Å²) in [6.45, 7) is 0. The third-order valence-corrected chi connectivity index (χ3v) is 3.23. The number of esters is 1. The Morgan fingerprint density at radius 1 is 0.958 bits per heavy atom. The molecule has 0 aliphatic carbocycles. The highest BCUT2D eigenvalue weighted by atomic mass is 19.4. The lowest BCUT2D eigenvalue weighted by Crippen LogP contribution is -2.11. The van der Waals surface area contributed by atoms with Crippen molar-refractivity contribution < 1.29 is 35.9 Å². The van der Waals surface area contributed by atoms with Crippen LogP contribution in [0.25, 0.3) is 11.1 Å². The standard InChI is InChI=1S/C15H11F6NO2/c1-24-13(23)6-12-4-9(7-22-12)8-2-10(14(16,17)18)5-11(3-8)15(19,20)21/h2-5,7,22H,6H2,1H3. The summed E-state index contributed by atoms with van der Waals surface area (Å²) in [4.78, 5) is 13.8. The van der Waals surface area contributed by atoms with Crippen LogP contribution < -0.4 is 0 Å². The molecule has 130 valence electrons. The van der Waals surface area contributed by atoms with Gasteiger partial charge < -0.3 is 9.72 Å². The summed E-state index contributed by atoms with van der Waals surface area (Å²) in [5, 5.41) is 0. The van der Waals surface area contributed by atoms with Crippen molar-refractivity contribution in [3.05, 3.63) is 47.3 Å². The van der Waals surface area contributed by atoms with Gasteiger partial charge in [-0.1, -0.05) is 0 Å². The van der Waals surface area contributed by atoms with Crippen molar-refractivity contribution in [3.8, 4) is 11.1 Å². The molecule has 1 aromatic carbocycles. The number of carbonyl (C=O) groups is 1. The molecule has 0 amide bonds. The summed E-state index contributed by atoms with van der Waals surface area (Å²) in [6, 6.07) is 2.61. The number of halogens is 6. The van der Waals surface area contributed by atoms with E-state index < -0.39 is 29.4 Å². The second-order valence-electron chi connectivity index (χ2n) is 4.96. The maximum Gasteiger partial charge on any atom is 0.416 e. The normalized spacial score (nSPS) is 12.3. The molecule has 0 aliphatic heterocycles. The van der Waals surface area contributed by atoms with E-state index in [1.54, 1.807) is 0 Å². The van der Waals surface area contributed by atoms with Gasteiger partial charge in [0.2, 0.25) is 0 Å². The molecule has 24 heavy (non-hydrogen) atoms. The van der Waals surface area contributed by atoms with Crippen LogP contribution in [0.3, 0.4) is 0 Å². The molecule has 0 aliphatic rings. The average molecular weight is 351 g/mol. The predicted octanol–water partition coefficient (Wildman–Crippen LogP) is 4.43. The van der Waals surface area contributed by atoms with Crippen LogP contribution in [0.2, 0.25) is 0 Å². The number of nitrogens with one attached hydrogen (secondary N) is 1. The van der Waals surface area contributed by atoms with Gasteiger partial charge in [0.05, 0.1) is 24.7 Å². The first-order chi connectivity index (χ1) is 11.0. The minimum Gasteiger partial charge on any atom is -0.469 e. The molecule has 0 unspecified atom stereocenters. The van der Waals surface area contributed by atoms with E-state index in [0.717, 1.165) is 7.11 Å². The number of carbonyl (C=O) groups excluding carboxylic acids is 1.